The summed E-state index contributed by atoms with van der Waals surface area (Å²) in [5.74, 6) is -1.11. The minimum absolute atomic E-state index is 0.0344. The van der Waals surface area contributed by atoms with Crippen LogP contribution in [0.25, 0.3) is 0 Å². The van der Waals surface area contributed by atoms with Crippen molar-refractivity contribution in [2.24, 2.45) is 0 Å². The Bertz CT molecular complexity index is 229. The Morgan fingerprint density at radius 1 is 1.33 bits per heavy atom. The first-order valence-electron chi connectivity index (χ1n) is 6.46. The predicted octanol–water partition coefficient (Wildman–Crippen LogP) is 2.91. The van der Waals surface area contributed by atoms with Gasteiger partial charge >= 0.3 is 5.97 Å². The standard InChI is InChI=1S/C10H20O2/c1-3-5-6-7-8-9-10(11)12-4-2/h3-9H2,1-2H3/i8D2,9D2. The fraction of sp³-hybridized carbons (Fsp3) is 0.900. The highest BCUT2D eigenvalue weighted by Crippen LogP contribution is 2.05. The molecule has 0 heterocycles. The number of hydrogen-bond acceptors (Lipinski definition) is 2. The average molecular weight is 176 g/mol. The summed E-state index contributed by atoms with van der Waals surface area (Å²) in [5.41, 5.74) is 0. The zero-order chi connectivity index (χ0) is 12.8. The molecule has 0 aromatic carbocycles. The van der Waals surface area contributed by atoms with E-state index >= 15 is 0 Å². The number of hydrogen-bond donors (Lipinski definition) is 0. The molecule has 0 aromatic heterocycles. The summed E-state index contributed by atoms with van der Waals surface area (Å²) in [7, 11) is 0. The lowest BCUT2D eigenvalue weighted by Gasteiger charge is -2.00. The molecule has 0 aliphatic carbocycles. The molecule has 0 aliphatic rings. The van der Waals surface area contributed by atoms with E-state index in [1.165, 1.54) is 0 Å². The van der Waals surface area contributed by atoms with Crippen LogP contribution >= 0.6 is 0 Å². The van der Waals surface area contributed by atoms with Crippen LogP contribution in [0.2, 0.25) is 0 Å². The lowest BCUT2D eigenvalue weighted by atomic mass is 10.1. The lowest BCUT2D eigenvalue weighted by Crippen LogP contribution is -2.02. The predicted molar refractivity (Wildman–Crippen MR) is 50.0 cm³/mol. The molecule has 0 saturated heterocycles. The van der Waals surface area contributed by atoms with Crippen LogP contribution in [0.15, 0.2) is 0 Å². The fourth-order valence-electron chi connectivity index (χ4n) is 0.765. The van der Waals surface area contributed by atoms with Gasteiger partial charge in [-0.05, 0) is 13.3 Å². The molecule has 0 aromatic rings. The van der Waals surface area contributed by atoms with Crippen molar-refractivity contribution in [2.75, 3.05) is 6.61 Å². The van der Waals surface area contributed by atoms with Crippen LogP contribution in [-0.4, -0.2) is 12.6 Å². The molecular weight excluding hydrogens is 152 g/mol. The molecule has 0 spiro atoms. The number of unbranched alkanes of at least 4 members (excludes halogenated alkanes) is 2. The van der Waals surface area contributed by atoms with Crippen LogP contribution in [0.1, 0.15) is 57.8 Å². The van der Waals surface area contributed by atoms with E-state index in [1.807, 2.05) is 6.92 Å². The summed E-state index contributed by atoms with van der Waals surface area (Å²) in [6.45, 7) is 3.61. The van der Waals surface area contributed by atoms with E-state index in [2.05, 4.69) is 4.74 Å². The SMILES string of the molecule is [2H]C([2H])(CCCCC)C([2H])([2H])C(=O)OCC. The Kier molecular flexibility index (Phi) is 4.29. The molecule has 0 bridgehead atoms. The number of carbonyl (C=O) groups excluding carboxylic acids is 1. The third-order valence-corrected chi connectivity index (χ3v) is 1.37. The van der Waals surface area contributed by atoms with Gasteiger partial charge in [-0.3, -0.25) is 4.79 Å². The monoisotopic (exact) mass is 176 g/mol. The second-order valence-electron chi connectivity index (χ2n) is 2.48. The van der Waals surface area contributed by atoms with E-state index in [0.29, 0.717) is 6.42 Å². The van der Waals surface area contributed by atoms with Gasteiger partial charge in [-0.15, -0.1) is 0 Å². The molecule has 0 amide bonds. The Balaban J connectivity index is 4.50. The van der Waals surface area contributed by atoms with Gasteiger partial charge in [0, 0.05) is 11.9 Å². The van der Waals surface area contributed by atoms with Crippen LogP contribution in [0, 0.1) is 0 Å². The largest absolute Gasteiger partial charge is 0.466 e. The Labute approximate surface area is 80.9 Å². The molecule has 0 N–H and O–H groups in total. The maximum atomic E-state index is 11.3. The smallest absolute Gasteiger partial charge is 0.305 e. The van der Waals surface area contributed by atoms with E-state index in [4.69, 9.17) is 5.48 Å². The van der Waals surface area contributed by atoms with E-state index in [0.717, 1.165) is 12.8 Å². The lowest BCUT2D eigenvalue weighted by molar-refractivity contribution is -0.143. The van der Waals surface area contributed by atoms with Crippen LogP contribution in [0.4, 0.5) is 0 Å². The minimum atomic E-state index is -2.57. The van der Waals surface area contributed by atoms with Gasteiger partial charge in [0.1, 0.15) is 0 Å². The quantitative estimate of drug-likeness (QED) is 0.440. The van der Waals surface area contributed by atoms with Gasteiger partial charge in [0.25, 0.3) is 0 Å². The second kappa shape index (κ2) is 8.57. The molecule has 2 nitrogen and oxygen atoms in total. The molecule has 0 radical (unpaired) electrons. The number of rotatable bonds is 7. The first-order valence-corrected chi connectivity index (χ1v) is 4.46. The topological polar surface area (TPSA) is 26.3 Å². The molecule has 0 rings (SSSR count). The second-order valence-corrected chi connectivity index (χ2v) is 2.48. The maximum Gasteiger partial charge on any atom is 0.305 e. The van der Waals surface area contributed by atoms with Crippen molar-refractivity contribution in [1.29, 1.82) is 0 Å². The summed E-state index contributed by atoms with van der Waals surface area (Å²) >= 11 is 0. The van der Waals surface area contributed by atoms with Gasteiger partial charge in [-0.2, -0.15) is 0 Å². The maximum absolute atomic E-state index is 11.3. The average Bonchev–Trinajstić information content (AvgIpc) is 2.18. The van der Waals surface area contributed by atoms with Crippen LogP contribution in [0.5, 0.6) is 0 Å². The first kappa shape index (κ1) is 6.01. The highest BCUT2D eigenvalue weighted by atomic mass is 16.5. The minimum Gasteiger partial charge on any atom is -0.466 e. The first-order chi connectivity index (χ1) is 7.29. The van der Waals surface area contributed by atoms with Crippen molar-refractivity contribution in [2.45, 2.75) is 52.3 Å². The van der Waals surface area contributed by atoms with Gasteiger partial charge in [0.05, 0.1) is 6.61 Å². The Hall–Kier alpha value is -0.530. The van der Waals surface area contributed by atoms with Gasteiger partial charge in [0.15, 0.2) is 0 Å². The normalized spacial score (nSPS) is 17.2. The summed E-state index contributed by atoms with van der Waals surface area (Å²) in [4.78, 5) is 11.3. The number of ether oxygens (including phenoxy) is 1. The van der Waals surface area contributed by atoms with Crippen molar-refractivity contribution in [3.05, 3.63) is 0 Å². The summed E-state index contributed by atoms with van der Waals surface area (Å²) in [6.07, 6.45) is -2.38. The van der Waals surface area contributed by atoms with E-state index < -0.39 is 18.7 Å². The molecule has 0 atom stereocenters. The Morgan fingerprint density at radius 3 is 2.67 bits per heavy atom. The van der Waals surface area contributed by atoms with Crippen molar-refractivity contribution >= 4 is 5.97 Å². The molecule has 0 saturated carbocycles. The third-order valence-electron chi connectivity index (χ3n) is 1.37. The molecule has 2 heteroatoms. The number of carbonyl (C=O) groups is 1. The summed E-state index contributed by atoms with van der Waals surface area (Å²) < 4.78 is 34.7. The molecule has 0 aliphatic heterocycles. The van der Waals surface area contributed by atoms with E-state index in [9.17, 15) is 4.79 Å². The van der Waals surface area contributed by atoms with Gasteiger partial charge in [0.2, 0.25) is 0 Å². The molecule has 12 heavy (non-hydrogen) atoms. The van der Waals surface area contributed by atoms with Crippen molar-refractivity contribution < 1.29 is 15.0 Å². The highest BCUT2D eigenvalue weighted by Gasteiger charge is 1.99. The highest BCUT2D eigenvalue weighted by molar-refractivity contribution is 5.69. The zero-order valence-corrected chi connectivity index (χ0v) is 7.85. The fourth-order valence-corrected chi connectivity index (χ4v) is 0.765. The van der Waals surface area contributed by atoms with Crippen molar-refractivity contribution in [1.82, 2.24) is 0 Å². The number of esters is 1. The van der Waals surface area contributed by atoms with Gasteiger partial charge in [-0.1, -0.05) is 32.6 Å². The molecule has 0 fully saturated rings. The Morgan fingerprint density at radius 2 is 2.08 bits per heavy atom. The van der Waals surface area contributed by atoms with Crippen LogP contribution < -0.4 is 0 Å². The van der Waals surface area contributed by atoms with Gasteiger partial charge in [-0.25, -0.2) is 0 Å². The van der Waals surface area contributed by atoms with Crippen LogP contribution in [-0.2, 0) is 9.53 Å². The van der Waals surface area contributed by atoms with Crippen molar-refractivity contribution in [3.8, 4) is 0 Å². The van der Waals surface area contributed by atoms with E-state index in [1.54, 1.807) is 6.92 Å². The third kappa shape index (κ3) is 7.58. The van der Waals surface area contributed by atoms with Gasteiger partial charge < -0.3 is 4.74 Å². The zero-order valence-electron chi connectivity index (χ0n) is 11.9. The van der Waals surface area contributed by atoms with Crippen molar-refractivity contribution in [3.63, 3.8) is 0 Å². The summed E-state index contributed by atoms with van der Waals surface area (Å²) in [6, 6.07) is 0. The van der Waals surface area contributed by atoms with E-state index in [-0.39, 0.29) is 13.0 Å². The summed E-state index contributed by atoms with van der Waals surface area (Å²) in [5, 5.41) is 0. The molecule has 0 unspecified atom stereocenters. The molecular formula is C10H20O2. The van der Waals surface area contributed by atoms with Crippen LogP contribution in [0.3, 0.4) is 0 Å². The molecule has 72 valence electrons.